The van der Waals surface area contributed by atoms with Gasteiger partial charge in [-0.2, -0.15) is 0 Å². The fourth-order valence-electron chi connectivity index (χ4n) is 2.32. The molecule has 0 atom stereocenters. The standard InChI is InChI=1S/C13H24BrNO/c1-2-3-4-5-6-11-13(16)15(14)12-9-7-8-10-12/h12H,2-11H2,1H3. The molecule has 3 heteroatoms. The Morgan fingerprint density at radius 3 is 2.44 bits per heavy atom. The molecule has 0 spiro atoms. The monoisotopic (exact) mass is 289 g/mol. The number of rotatable bonds is 7. The Hall–Kier alpha value is -0.0500. The zero-order chi connectivity index (χ0) is 11.8. The molecule has 0 aliphatic heterocycles. The van der Waals surface area contributed by atoms with Gasteiger partial charge in [0.2, 0.25) is 5.91 Å². The van der Waals surface area contributed by atoms with Gasteiger partial charge in [0.05, 0.1) is 16.1 Å². The van der Waals surface area contributed by atoms with Crippen LogP contribution in [0.3, 0.4) is 0 Å². The third-order valence-electron chi connectivity index (χ3n) is 3.38. The zero-order valence-electron chi connectivity index (χ0n) is 10.4. The van der Waals surface area contributed by atoms with Gasteiger partial charge in [-0.3, -0.25) is 8.72 Å². The van der Waals surface area contributed by atoms with Crippen LogP contribution in [0.15, 0.2) is 0 Å². The summed E-state index contributed by atoms with van der Waals surface area (Å²) in [6, 6.07) is 0.461. The van der Waals surface area contributed by atoms with E-state index in [9.17, 15) is 4.79 Å². The molecule has 0 aromatic rings. The van der Waals surface area contributed by atoms with Crippen LogP contribution >= 0.6 is 16.1 Å². The van der Waals surface area contributed by atoms with Gasteiger partial charge in [0, 0.05) is 12.5 Å². The van der Waals surface area contributed by atoms with Crippen LogP contribution in [0.4, 0.5) is 0 Å². The fraction of sp³-hybridized carbons (Fsp3) is 0.923. The van der Waals surface area contributed by atoms with Gasteiger partial charge in [-0.1, -0.05) is 45.4 Å². The van der Waals surface area contributed by atoms with Crippen molar-refractivity contribution in [1.82, 2.24) is 3.93 Å². The van der Waals surface area contributed by atoms with Crippen LogP contribution in [0.2, 0.25) is 0 Å². The highest BCUT2D eigenvalue weighted by Gasteiger charge is 2.24. The number of unbranched alkanes of at least 4 members (excludes halogenated alkanes) is 4. The van der Waals surface area contributed by atoms with Crippen molar-refractivity contribution in [3.8, 4) is 0 Å². The van der Waals surface area contributed by atoms with Crippen LogP contribution in [0, 0.1) is 0 Å². The second-order valence-electron chi connectivity index (χ2n) is 4.81. The molecule has 1 aliphatic carbocycles. The summed E-state index contributed by atoms with van der Waals surface area (Å²) < 4.78 is 1.82. The largest absolute Gasteiger partial charge is 0.276 e. The third-order valence-corrected chi connectivity index (χ3v) is 4.35. The number of carbonyl (C=O) groups is 1. The molecule has 0 heterocycles. The van der Waals surface area contributed by atoms with Gasteiger partial charge in [0.15, 0.2) is 0 Å². The van der Waals surface area contributed by atoms with Crippen molar-refractivity contribution in [2.24, 2.45) is 0 Å². The van der Waals surface area contributed by atoms with Crippen LogP contribution in [-0.4, -0.2) is 15.9 Å². The Morgan fingerprint density at radius 1 is 1.19 bits per heavy atom. The van der Waals surface area contributed by atoms with E-state index in [0.29, 0.717) is 12.5 Å². The smallest absolute Gasteiger partial charge is 0.232 e. The normalized spacial score (nSPS) is 16.6. The van der Waals surface area contributed by atoms with Gasteiger partial charge in [-0.05, 0) is 19.3 Å². The van der Waals surface area contributed by atoms with Crippen molar-refractivity contribution in [2.45, 2.75) is 77.2 Å². The number of hydrogen-bond acceptors (Lipinski definition) is 1. The van der Waals surface area contributed by atoms with E-state index in [2.05, 4.69) is 23.1 Å². The van der Waals surface area contributed by atoms with Crippen LogP contribution in [0.5, 0.6) is 0 Å². The van der Waals surface area contributed by atoms with E-state index in [1.165, 1.54) is 51.4 Å². The highest BCUT2D eigenvalue weighted by atomic mass is 79.9. The van der Waals surface area contributed by atoms with Gasteiger partial charge in [0.1, 0.15) is 0 Å². The highest BCUT2D eigenvalue weighted by Crippen LogP contribution is 2.26. The highest BCUT2D eigenvalue weighted by molar-refractivity contribution is 9.07. The molecule has 0 saturated heterocycles. The third kappa shape index (κ3) is 4.86. The van der Waals surface area contributed by atoms with E-state index in [0.717, 1.165) is 6.42 Å². The summed E-state index contributed by atoms with van der Waals surface area (Å²) in [5, 5.41) is 0. The summed E-state index contributed by atoms with van der Waals surface area (Å²) >= 11 is 3.44. The summed E-state index contributed by atoms with van der Waals surface area (Å²) in [5.41, 5.74) is 0. The fourth-order valence-corrected chi connectivity index (χ4v) is 2.91. The molecular formula is C13H24BrNO. The van der Waals surface area contributed by atoms with Crippen LogP contribution < -0.4 is 0 Å². The lowest BCUT2D eigenvalue weighted by molar-refractivity contribution is -0.127. The summed E-state index contributed by atoms with van der Waals surface area (Å²) in [6.45, 7) is 2.21. The van der Waals surface area contributed by atoms with E-state index in [4.69, 9.17) is 0 Å². The minimum absolute atomic E-state index is 0.281. The Kier molecular flexibility index (Phi) is 7.10. The second kappa shape index (κ2) is 8.10. The minimum atomic E-state index is 0.281. The number of amides is 1. The van der Waals surface area contributed by atoms with E-state index >= 15 is 0 Å². The van der Waals surface area contributed by atoms with Gasteiger partial charge in [-0.25, -0.2) is 0 Å². The molecule has 16 heavy (non-hydrogen) atoms. The SMILES string of the molecule is CCCCCCCC(=O)N(Br)C1CCCC1. The summed E-state index contributed by atoms with van der Waals surface area (Å²) in [5.74, 6) is 0.281. The summed E-state index contributed by atoms with van der Waals surface area (Å²) in [7, 11) is 0. The van der Waals surface area contributed by atoms with Gasteiger partial charge < -0.3 is 0 Å². The maximum Gasteiger partial charge on any atom is 0.232 e. The summed E-state index contributed by atoms with van der Waals surface area (Å²) in [4.78, 5) is 11.8. The van der Waals surface area contributed by atoms with Crippen LogP contribution in [0.1, 0.15) is 71.1 Å². The molecule has 1 rings (SSSR count). The first-order valence-electron chi connectivity index (χ1n) is 6.73. The topological polar surface area (TPSA) is 20.3 Å². The lowest BCUT2D eigenvalue weighted by Gasteiger charge is -2.21. The predicted molar refractivity (Wildman–Crippen MR) is 71.4 cm³/mol. The quantitative estimate of drug-likeness (QED) is 0.502. The molecule has 0 radical (unpaired) electrons. The number of nitrogens with zero attached hydrogens (tertiary/aromatic N) is 1. The molecule has 0 bridgehead atoms. The summed E-state index contributed by atoms with van der Waals surface area (Å²) in [6.07, 6.45) is 11.7. The van der Waals surface area contributed by atoms with E-state index < -0.39 is 0 Å². The average molecular weight is 290 g/mol. The van der Waals surface area contributed by atoms with Crippen molar-refractivity contribution < 1.29 is 4.79 Å². The first-order chi connectivity index (χ1) is 7.75. The Balaban J connectivity index is 2.09. The molecule has 1 amide bonds. The molecule has 94 valence electrons. The molecule has 1 fully saturated rings. The van der Waals surface area contributed by atoms with Gasteiger partial charge in [-0.15, -0.1) is 0 Å². The van der Waals surface area contributed by atoms with Crippen molar-refractivity contribution >= 4 is 22.1 Å². The molecule has 1 aliphatic rings. The Bertz CT molecular complexity index is 202. The molecule has 0 unspecified atom stereocenters. The molecule has 2 nitrogen and oxygen atoms in total. The zero-order valence-corrected chi connectivity index (χ0v) is 12.0. The molecular weight excluding hydrogens is 266 g/mol. The number of carbonyl (C=O) groups excluding carboxylic acids is 1. The van der Waals surface area contributed by atoms with E-state index in [-0.39, 0.29) is 5.91 Å². The Morgan fingerprint density at radius 2 is 1.81 bits per heavy atom. The van der Waals surface area contributed by atoms with Crippen molar-refractivity contribution in [3.63, 3.8) is 0 Å². The van der Waals surface area contributed by atoms with Crippen molar-refractivity contribution in [1.29, 1.82) is 0 Å². The number of halogens is 1. The van der Waals surface area contributed by atoms with Crippen molar-refractivity contribution in [2.75, 3.05) is 0 Å². The first-order valence-corrected chi connectivity index (χ1v) is 7.44. The maximum absolute atomic E-state index is 11.8. The molecule has 0 N–H and O–H groups in total. The molecule has 1 saturated carbocycles. The minimum Gasteiger partial charge on any atom is -0.276 e. The van der Waals surface area contributed by atoms with Crippen molar-refractivity contribution in [3.05, 3.63) is 0 Å². The van der Waals surface area contributed by atoms with Crippen LogP contribution in [-0.2, 0) is 4.79 Å². The lowest BCUT2D eigenvalue weighted by Crippen LogP contribution is -2.29. The van der Waals surface area contributed by atoms with Gasteiger partial charge in [0.25, 0.3) is 0 Å². The Labute approximate surface area is 108 Å². The van der Waals surface area contributed by atoms with Gasteiger partial charge >= 0.3 is 0 Å². The maximum atomic E-state index is 11.8. The first kappa shape index (κ1) is 14.0. The number of hydrogen-bond donors (Lipinski definition) is 0. The predicted octanol–water partition coefficient (Wildman–Crippen LogP) is 4.43. The molecule has 0 aromatic heterocycles. The van der Waals surface area contributed by atoms with Crippen LogP contribution in [0.25, 0.3) is 0 Å². The van der Waals surface area contributed by atoms with E-state index in [1.807, 2.05) is 3.93 Å². The molecule has 0 aromatic carbocycles. The lowest BCUT2D eigenvalue weighted by atomic mass is 10.1. The average Bonchev–Trinajstić information content (AvgIpc) is 2.81. The van der Waals surface area contributed by atoms with E-state index in [1.54, 1.807) is 0 Å². The second-order valence-corrected chi connectivity index (χ2v) is 5.57.